The van der Waals surface area contributed by atoms with Crippen LogP contribution in [0.2, 0.25) is 0 Å². The van der Waals surface area contributed by atoms with Gasteiger partial charge in [0.25, 0.3) is 5.91 Å². The Hall–Kier alpha value is -2.96. The first-order chi connectivity index (χ1) is 10.1. The minimum Gasteiger partial charge on any atom is -0.305 e. The molecule has 0 saturated carbocycles. The molecule has 1 amide bonds. The van der Waals surface area contributed by atoms with Crippen LogP contribution in [0.3, 0.4) is 0 Å². The molecule has 3 aromatic rings. The van der Waals surface area contributed by atoms with E-state index in [1.807, 2.05) is 13.8 Å². The molecule has 0 saturated heterocycles. The normalized spacial score (nSPS) is 10.6. The molecule has 106 valence electrons. The molecule has 0 aliphatic rings. The summed E-state index contributed by atoms with van der Waals surface area (Å²) in [5.41, 5.74) is 2.32. The van der Waals surface area contributed by atoms with E-state index in [4.69, 9.17) is 0 Å². The summed E-state index contributed by atoms with van der Waals surface area (Å²) in [4.78, 5) is 20.4. The molecule has 0 spiro atoms. The summed E-state index contributed by atoms with van der Waals surface area (Å²) in [7, 11) is 0. The molecule has 0 bridgehead atoms. The van der Waals surface area contributed by atoms with Crippen LogP contribution in [0.4, 0.5) is 5.82 Å². The number of hydrogen-bond donors (Lipinski definition) is 2. The van der Waals surface area contributed by atoms with Crippen molar-refractivity contribution in [2.75, 3.05) is 5.32 Å². The Balaban J connectivity index is 1.78. The second-order valence-corrected chi connectivity index (χ2v) is 4.65. The quantitative estimate of drug-likeness (QED) is 0.767. The standard InChI is InChI=1S/C14H14N6O/c1-9-10(2)18-19-13(9)17-14(21)11-3-4-12(16-7-11)20-6-5-15-8-20/h3-8H,1-2H3,(H2,17,18,19,21). The van der Waals surface area contributed by atoms with Crippen LogP contribution in [0.15, 0.2) is 37.1 Å². The third-order valence-electron chi connectivity index (χ3n) is 3.26. The van der Waals surface area contributed by atoms with Gasteiger partial charge in [-0.1, -0.05) is 0 Å². The van der Waals surface area contributed by atoms with Gasteiger partial charge >= 0.3 is 0 Å². The van der Waals surface area contributed by atoms with E-state index in [9.17, 15) is 4.79 Å². The predicted molar refractivity (Wildman–Crippen MR) is 77.4 cm³/mol. The number of anilines is 1. The summed E-state index contributed by atoms with van der Waals surface area (Å²) in [6.07, 6.45) is 6.64. The van der Waals surface area contributed by atoms with Gasteiger partial charge in [0.05, 0.1) is 5.56 Å². The van der Waals surface area contributed by atoms with Crippen LogP contribution in [-0.2, 0) is 0 Å². The summed E-state index contributed by atoms with van der Waals surface area (Å²) in [6, 6.07) is 3.48. The fourth-order valence-corrected chi connectivity index (χ4v) is 1.85. The monoisotopic (exact) mass is 282 g/mol. The van der Waals surface area contributed by atoms with Crippen molar-refractivity contribution < 1.29 is 4.79 Å². The molecule has 21 heavy (non-hydrogen) atoms. The number of rotatable bonds is 3. The van der Waals surface area contributed by atoms with Crippen molar-refractivity contribution in [3.63, 3.8) is 0 Å². The van der Waals surface area contributed by atoms with Gasteiger partial charge in [0.1, 0.15) is 12.1 Å². The zero-order chi connectivity index (χ0) is 14.8. The number of aromatic amines is 1. The van der Waals surface area contributed by atoms with Crippen LogP contribution in [0.1, 0.15) is 21.6 Å². The minimum atomic E-state index is -0.241. The van der Waals surface area contributed by atoms with Gasteiger partial charge in [-0.25, -0.2) is 9.97 Å². The van der Waals surface area contributed by atoms with Crippen LogP contribution in [0.5, 0.6) is 0 Å². The number of H-pyrrole nitrogens is 1. The van der Waals surface area contributed by atoms with Crippen molar-refractivity contribution >= 4 is 11.7 Å². The average molecular weight is 282 g/mol. The summed E-state index contributed by atoms with van der Waals surface area (Å²) < 4.78 is 1.77. The fourth-order valence-electron chi connectivity index (χ4n) is 1.85. The van der Waals surface area contributed by atoms with Crippen molar-refractivity contribution in [2.45, 2.75) is 13.8 Å². The second-order valence-electron chi connectivity index (χ2n) is 4.65. The van der Waals surface area contributed by atoms with Crippen LogP contribution in [0.25, 0.3) is 5.82 Å². The van der Waals surface area contributed by atoms with Crippen LogP contribution >= 0.6 is 0 Å². The van der Waals surface area contributed by atoms with Crippen LogP contribution < -0.4 is 5.32 Å². The highest BCUT2D eigenvalue weighted by molar-refractivity contribution is 6.03. The first kappa shape index (κ1) is 13.0. The zero-order valence-corrected chi connectivity index (χ0v) is 11.7. The molecule has 0 fully saturated rings. The number of imidazole rings is 1. The van der Waals surface area contributed by atoms with Crippen LogP contribution in [0, 0.1) is 13.8 Å². The van der Waals surface area contributed by atoms with Gasteiger partial charge in [-0.05, 0) is 26.0 Å². The Labute approximate surface area is 121 Å². The number of nitrogens with zero attached hydrogens (tertiary/aromatic N) is 4. The third-order valence-corrected chi connectivity index (χ3v) is 3.26. The molecule has 2 N–H and O–H groups in total. The largest absolute Gasteiger partial charge is 0.305 e. The number of pyridine rings is 1. The molecule has 7 heteroatoms. The van der Waals surface area contributed by atoms with E-state index in [0.29, 0.717) is 17.2 Å². The Morgan fingerprint density at radius 2 is 2.19 bits per heavy atom. The summed E-state index contributed by atoms with van der Waals surface area (Å²) >= 11 is 0. The second kappa shape index (κ2) is 5.20. The van der Waals surface area contributed by atoms with Crippen molar-refractivity contribution in [1.82, 2.24) is 24.7 Å². The summed E-state index contributed by atoms with van der Waals surface area (Å²) in [6.45, 7) is 3.80. The molecule has 7 nitrogen and oxygen atoms in total. The molecule has 0 atom stereocenters. The van der Waals surface area contributed by atoms with Gasteiger partial charge in [-0.15, -0.1) is 0 Å². The lowest BCUT2D eigenvalue weighted by atomic mass is 10.2. The van der Waals surface area contributed by atoms with E-state index in [2.05, 4.69) is 25.5 Å². The third kappa shape index (κ3) is 2.53. The maximum Gasteiger partial charge on any atom is 0.258 e. The van der Waals surface area contributed by atoms with Gasteiger partial charge in [0.15, 0.2) is 5.82 Å². The summed E-state index contributed by atoms with van der Waals surface area (Å²) in [5.74, 6) is 1.00. The van der Waals surface area contributed by atoms with Gasteiger partial charge in [-0.3, -0.25) is 14.5 Å². The van der Waals surface area contributed by atoms with Gasteiger partial charge in [0, 0.05) is 29.8 Å². The molecule has 0 aliphatic carbocycles. The Kier molecular flexibility index (Phi) is 3.23. The highest BCUT2D eigenvalue weighted by Crippen LogP contribution is 2.15. The van der Waals surface area contributed by atoms with Gasteiger partial charge in [-0.2, -0.15) is 5.10 Å². The summed E-state index contributed by atoms with van der Waals surface area (Å²) in [5, 5.41) is 9.64. The number of nitrogens with one attached hydrogen (secondary N) is 2. The molecule has 3 aromatic heterocycles. The van der Waals surface area contributed by atoms with Crippen molar-refractivity contribution in [3.05, 3.63) is 53.9 Å². The van der Waals surface area contributed by atoms with Crippen molar-refractivity contribution in [3.8, 4) is 5.82 Å². The number of aromatic nitrogens is 5. The Morgan fingerprint density at radius 3 is 2.76 bits per heavy atom. The fraction of sp³-hybridized carbons (Fsp3) is 0.143. The lowest BCUT2D eigenvalue weighted by molar-refractivity contribution is 0.102. The molecule has 0 aromatic carbocycles. The number of carbonyl (C=O) groups excluding carboxylic acids is 1. The van der Waals surface area contributed by atoms with Crippen LogP contribution in [-0.4, -0.2) is 30.6 Å². The molecular formula is C14H14N6O. The minimum absolute atomic E-state index is 0.241. The van der Waals surface area contributed by atoms with E-state index in [-0.39, 0.29) is 5.91 Å². The highest BCUT2D eigenvalue weighted by atomic mass is 16.1. The lowest BCUT2D eigenvalue weighted by Crippen LogP contribution is -2.13. The first-order valence-electron chi connectivity index (χ1n) is 6.42. The topological polar surface area (TPSA) is 88.5 Å². The SMILES string of the molecule is Cc1[nH]nc(NC(=O)c2ccc(-n3ccnc3)nc2)c1C. The molecule has 3 heterocycles. The van der Waals surface area contributed by atoms with E-state index in [1.165, 1.54) is 6.20 Å². The zero-order valence-electron chi connectivity index (χ0n) is 11.7. The highest BCUT2D eigenvalue weighted by Gasteiger charge is 2.11. The molecule has 3 rings (SSSR count). The molecular weight excluding hydrogens is 268 g/mol. The number of amides is 1. The van der Waals surface area contributed by atoms with Crippen molar-refractivity contribution in [2.24, 2.45) is 0 Å². The number of carbonyl (C=O) groups is 1. The Morgan fingerprint density at radius 1 is 1.33 bits per heavy atom. The Bertz CT molecular complexity index is 757. The predicted octanol–water partition coefficient (Wildman–Crippen LogP) is 1.86. The van der Waals surface area contributed by atoms with Crippen molar-refractivity contribution in [1.29, 1.82) is 0 Å². The molecule has 0 aliphatic heterocycles. The lowest BCUT2D eigenvalue weighted by Gasteiger charge is -2.05. The number of aryl methyl sites for hydroxylation is 1. The maximum absolute atomic E-state index is 12.1. The maximum atomic E-state index is 12.1. The average Bonchev–Trinajstić information content (AvgIpc) is 3.13. The van der Waals surface area contributed by atoms with E-state index in [0.717, 1.165) is 11.3 Å². The first-order valence-corrected chi connectivity index (χ1v) is 6.42. The van der Waals surface area contributed by atoms with E-state index < -0.39 is 0 Å². The van der Waals surface area contributed by atoms with E-state index in [1.54, 1.807) is 35.4 Å². The van der Waals surface area contributed by atoms with Gasteiger partial charge < -0.3 is 5.32 Å². The van der Waals surface area contributed by atoms with Gasteiger partial charge in [0.2, 0.25) is 0 Å². The number of hydrogen-bond acceptors (Lipinski definition) is 4. The smallest absolute Gasteiger partial charge is 0.258 e. The molecule has 0 unspecified atom stereocenters. The molecule has 0 radical (unpaired) electrons. The van der Waals surface area contributed by atoms with E-state index >= 15 is 0 Å².